The molecule has 1 aromatic rings. The monoisotopic (exact) mass is 387 g/mol. The highest BCUT2D eigenvalue weighted by Crippen LogP contribution is 2.43. The number of rotatable bonds is 6. The molecule has 154 valence electrons. The Labute approximate surface area is 167 Å². The summed E-state index contributed by atoms with van der Waals surface area (Å²) in [6.07, 6.45) is 1.11. The summed E-state index contributed by atoms with van der Waals surface area (Å²) in [4.78, 5) is 21.3. The lowest BCUT2D eigenvalue weighted by Crippen LogP contribution is -2.54. The number of carbonyl (C=O) groups is 1. The van der Waals surface area contributed by atoms with Gasteiger partial charge in [-0.15, -0.1) is 0 Å². The maximum absolute atomic E-state index is 12.7. The standard InChI is InChI=1S/C21H33N5O2/c1-4-28-17-7-5-16(6-8-17)26-13-15-9-21(2,3)18(26)14-25(12-15)20(27)11-24-19(23)10-22/h5-8,15,18H,4,9-14,22H2,1-3H3,(H2,23,24). The molecule has 4 N–H and O–H groups in total. The van der Waals surface area contributed by atoms with E-state index in [9.17, 15) is 4.79 Å². The van der Waals surface area contributed by atoms with Crippen LogP contribution in [-0.4, -0.2) is 62.0 Å². The van der Waals surface area contributed by atoms with Crippen LogP contribution in [0.3, 0.4) is 0 Å². The van der Waals surface area contributed by atoms with Crippen LogP contribution in [0.5, 0.6) is 5.75 Å². The lowest BCUT2D eigenvalue weighted by atomic mass is 9.73. The molecule has 0 aromatic heterocycles. The van der Waals surface area contributed by atoms with Crippen LogP contribution >= 0.6 is 0 Å². The molecule has 0 saturated carbocycles. The van der Waals surface area contributed by atoms with Crippen molar-refractivity contribution in [3.05, 3.63) is 24.3 Å². The highest BCUT2D eigenvalue weighted by Gasteiger charge is 2.46. The molecule has 3 aliphatic rings. The van der Waals surface area contributed by atoms with Gasteiger partial charge in [-0.1, -0.05) is 13.8 Å². The predicted molar refractivity (Wildman–Crippen MR) is 113 cm³/mol. The average Bonchev–Trinajstić information content (AvgIpc) is 2.93. The number of aliphatic imine (C=N–C) groups is 1. The Morgan fingerprint density at radius 2 is 1.96 bits per heavy atom. The lowest BCUT2D eigenvalue weighted by Gasteiger charge is -2.48. The normalized spacial score (nSPS) is 24.2. The molecule has 28 heavy (non-hydrogen) atoms. The van der Waals surface area contributed by atoms with E-state index in [4.69, 9.17) is 16.2 Å². The molecule has 2 unspecified atom stereocenters. The molecular weight excluding hydrogens is 354 g/mol. The molecule has 7 nitrogen and oxygen atoms in total. The molecule has 2 atom stereocenters. The van der Waals surface area contributed by atoms with Crippen LogP contribution in [0.25, 0.3) is 0 Å². The van der Waals surface area contributed by atoms with Gasteiger partial charge < -0.3 is 26.0 Å². The van der Waals surface area contributed by atoms with E-state index in [0.717, 1.165) is 25.3 Å². The van der Waals surface area contributed by atoms with Crippen LogP contribution in [0.4, 0.5) is 5.69 Å². The second kappa shape index (κ2) is 8.39. The number of hydrogen-bond donors (Lipinski definition) is 2. The molecule has 1 aromatic carbocycles. The Morgan fingerprint density at radius 1 is 1.25 bits per heavy atom. The number of fused-ring (bicyclic) bond motifs is 4. The van der Waals surface area contributed by atoms with Gasteiger partial charge in [0.15, 0.2) is 0 Å². The third-order valence-corrected chi connectivity index (χ3v) is 5.88. The van der Waals surface area contributed by atoms with Crippen LogP contribution in [0.2, 0.25) is 0 Å². The summed E-state index contributed by atoms with van der Waals surface area (Å²) in [5.74, 6) is 1.66. The van der Waals surface area contributed by atoms with Crippen LogP contribution in [-0.2, 0) is 4.79 Å². The second-order valence-corrected chi connectivity index (χ2v) is 8.46. The first-order chi connectivity index (χ1) is 13.3. The van der Waals surface area contributed by atoms with Gasteiger partial charge in [0.25, 0.3) is 0 Å². The number of benzene rings is 1. The summed E-state index contributed by atoms with van der Waals surface area (Å²) >= 11 is 0. The topological polar surface area (TPSA) is 97.2 Å². The Morgan fingerprint density at radius 3 is 2.61 bits per heavy atom. The molecule has 0 radical (unpaired) electrons. The lowest BCUT2D eigenvalue weighted by molar-refractivity contribution is -0.129. The number of amides is 1. The van der Waals surface area contributed by atoms with Gasteiger partial charge >= 0.3 is 0 Å². The van der Waals surface area contributed by atoms with Crippen molar-refractivity contribution in [1.82, 2.24) is 4.90 Å². The van der Waals surface area contributed by atoms with Gasteiger partial charge in [0, 0.05) is 25.3 Å². The van der Waals surface area contributed by atoms with Crippen LogP contribution in [0, 0.1) is 11.3 Å². The Hall–Kier alpha value is -2.28. The smallest absolute Gasteiger partial charge is 0.244 e. The van der Waals surface area contributed by atoms with Gasteiger partial charge in [0.1, 0.15) is 18.1 Å². The van der Waals surface area contributed by atoms with Gasteiger partial charge in [-0.3, -0.25) is 9.79 Å². The number of ether oxygens (including phenoxy) is 1. The molecule has 3 fully saturated rings. The third kappa shape index (κ3) is 4.41. The van der Waals surface area contributed by atoms with E-state index < -0.39 is 0 Å². The van der Waals surface area contributed by atoms with Crippen LogP contribution in [0.1, 0.15) is 27.2 Å². The summed E-state index contributed by atoms with van der Waals surface area (Å²) < 4.78 is 5.58. The first-order valence-electron chi connectivity index (χ1n) is 10.1. The van der Waals surface area contributed by atoms with Gasteiger partial charge in [-0.2, -0.15) is 0 Å². The van der Waals surface area contributed by atoms with E-state index in [1.807, 2.05) is 24.0 Å². The van der Waals surface area contributed by atoms with Gasteiger partial charge in [-0.05, 0) is 48.9 Å². The number of amidine groups is 1. The fourth-order valence-corrected chi connectivity index (χ4v) is 4.56. The Balaban J connectivity index is 1.80. The highest BCUT2D eigenvalue weighted by molar-refractivity contribution is 5.86. The van der Waals surface area contributed by atoms with Crippen LogP contribution in [0.15, 0.2) is 29.3 Å². The Bertz CT molecular complexity index is 716. The number of anilines is 1. The molecule has 1 amide bonds. The summed E-state index contributed by atoms with van der Waals surface area (Å²) in [6, 6.07) is 8.55. The van der Waals surface area contributed by atoms with Crippen molar-refractivity contribution in [3.63, 3.8) is 0 Å². The molecule has 4 rings (SSSR count). The SMILES string of the molecule is CCOc1ccc(N2CC3CN(C(=O)CN=C(N)CN)CC2C(C)(C)C3)cc1. The first-order valence-corrected chi connectivity index (χ1v) is 10.1. The zero-order chi connectivity index (χ0) is 20.3. The number of nitrogens with zero attached hydrogens (tertiary/aromatic N) is 3. The molecular formula is C21H33N5O2. The minimum atomic E-state index is 0.0256. The van der Waals surface area contributed by atoms with E-state index in [0.29, 0.717) is 24.9 Å². The second-order valence-electron chi connectivity index (χ2n) is 8.46. The van der Waals surface area contributed by atoms with Gasteiger partial charge in [-0.25, -0.2) is 0 Å². The summed E-state index contributed by atoms with van der Waals surface area (Å²) in [5.41, 5.74) is 12.4. The molecule has 3 saturated heterocycles. The molecule has 2 bridgehead atoms. The minimum absolute atomic E-state index is 0.0256. The zero-order valence-corrected chi connectivity index (χ0v) is 17.2. The Kier molecular flexibility index (Phi) is 6.13. The summed E-state index contributed by atoms with van der Waals surface area (Å²) in [5, 5.41) is 0. The van der Waals surface area contributed by atoms with E-state index in [1.54, 1.807) is 0 Å². The van der Waals surface area contributed by atoms with E-state index in [1.165, 1.54) is 5.69 Å². The van der Waals surface area contributed by atoms with E-state index in [2.05, 4.69) is 35.9 Å². The fraction of sp³-hybridized carbons (Fsp3) is 0.619. The van der Waals surface area contributed by atoms with Crippen molar-refractivity contribution < 1.29 is 9.53 Å². The van der Waals surface area contributed by atoms with Crippen molar-refractivity contribution in [3.8, 4) is 5.75 Å². The fourth-order valence-electron chi connectivity index (χ4n) is 4.56. The number of hydrogen-bond acceptors (Lipinski definition) is 5. The zero-order valence-electron chi connectivity index (χ0n) is 17.2. The number of carbonyl (C=O) groups excluding carboxylic acids is 1. The molecule has 7 heteroatoms. The van der Waals surface area contributed by atoms with Gasteiger partial charge in [0.2, 0.25) is 5.91 Å². The average molecular weight is 388 g/mol. The molecule has 3 aliphatic heterocycles. The van der Waals surface area contributed by atoms with Crippen molar-refractivity contribution in [2.24, 2.45) is 27.8 Å². The van der Waals surface area contributed by atoms with Gasteiger partial charge in [0.05, 0.1) is 19.2 Å². The van der Waals surface area contributed by atoms with Crippen molar-refractivity contribution in [2.45, 2.75) is 33.2 Å². The van der Waals surface area contributed by atoms with E-state index in [-0.39, 0.29) is 30.5 Å². The van der Waals surface area contributed by atoms with Crippen molar-refractivity contribution in [1.29, 1.82) is 0 Å². The summed E-state index contributed by atoms with van der Waals surface area (Å²) in [6.45, 7) is 9.95. The number of piperidine rings is 1. The molecule has 3 heterocycles. The first kappa shape index (κ1) is 20.5. The van der Waals surface area contributed by atoms with Crippen molar-refractivity contribution >= 4 is 17.4 Å². The van der Waals surface area contributed by atoms with E-state index >= 15 is 0 Å². The maximum Gasteiger partial charge on any atom is 0.244 e. The number of nitrogens with two attached hydrogens (primary N) is 2. The summed E-state index contributed by atoms with van der Waals surface area (Å²) in [7, 11) is 0. The van der Waals surface area contributed by atoms with Crippen LogP contribution < -0.4 is 21.1 Å². The molecule has 0 aliphatic carbocycles. The third-order valence-electron chi connectivity index (χ3n) is 5.88. The highest BCUT2D eigenvalue weighted by atomic mass is 16.5. The quantitative estimate of drug-likeness (QED) is 0.569. The largest absolute Gasteiger partial charge is 0.494 e. The molecule has 0 spiro atoms. The minimum Gasteiger partial charge on any atom is -0.494 e. The maximum atomic E-state index is 12.7. The van der Waals surface area contributed by atoms with Crippen molar-refractivity contribution in [2.75, 3.05) is 44.2 Å². The predicted octanol–water partition coefficient (Wildman–Crippen LogP) is 1.46.